The Morgan fingerprint density at radius 3 is 1.17 bits per heavy atom. The van der Waals surface area contributed by atoms with Gasteiger partial charge < -0.3 is 5.32 Å². The topological polar surface area (TPSA) is 12.0 Å². The maximum absolute atomic E-state index is 3.90. The van der Waals surface area contributed by atoms with Crippen LogP contribution >= 0.6 is 0 Å². The van der Waals surface area contributed by atoms with Crippen molar-refractivity contribution in [1.29, 1.82) is 0 Å². The number of aryl methyl sites for hydroxylation is 1. The summed E-state index contributed by atoms with van der Waals surface area (Å²) in [5.41, 5.74) is 21.4. The molecule has 0 spiro atoms. The molecule has 0 radical (unpaired) electrons. The zero-order chi connectivity index (χ0) is 46.2. The molecule has 69 heavy (non-hydrogen) atoms. The van der Waals surface area contributed by atoms with Crippen molar-refractivity contribution >= 4 is 5.70 Å². The second-order valence-electron chi connectivity index (χ2n) is 18.4. The van der Waals surface area contributed by atoms with Gasteiger partial charge in [-0.2, -0.15) is 0 Å². The van der Waals surface area contributed by atoms with Crippen molar-refractivity contribution in [2.45, 2.75) is 37.1 Å². The molecule has 1 heterocycles. The van der Waals surface area contributed by atoms with Crippen LogP contribution in [0.15, 0.2) is 273 Å². The molecule has 1 N–H and O–H groups in total. The zero-order valence-corrected chi connectivity index (χ0v) is 38.8. The van der Waals surface area contributed by atoms with Crippen LogP contribution in [0.5, 0.6) is 0 Å². The van der Waals surface area contributed by atoms with E-state index in [0.29, 0.717) is 5.92 Å². The number of nitrogens with one attached hydrogen (secondary N) is 1. The van der Waals surface area contributed by atoms with Gasteiger partial charge >= 0.3 is 0 Å². The first-order valence-corrected chi connectivity index (χ1v) is 24.5. The van der Waals surface area contributed by atoms with E-state index in [9.17, 15) is 0 Å². The standard InChI is InChI=1S/C68H55N/c1-5-15-50(16-6-1)61-23-13-25-63(45-61)55-32-38-57(39-33-55)66(58-40-34-56(35-41-58)64-26-14-24-62(46-64)51-17-7-2-8-18-51)44-29-49-27-30-53(31-28-49)54-36-42-60(43-37-54)68-48-65(52-19-9-3-10-20-52)47-67(69-68)59-21-11-4-12-22-59/h1-28,30-43,45-46,48,65-67,69H,29,44,47H2. The van der Waals surface area contributed by atoms with Crippen LogP contribution in [-0.2, 0) is 6.42 Å². The Balaban J connectivity index is 0.829. The lowest BCUT2D eigenvalue weighted by Gasteiger charge is -2.31. The van der Waals surface area contributed by atoms with Gasteiger partial charge in [0.05, 0.1) is 6.04 Å². The van der Waals surface area contributed by atoms with Gasteiger partial charge in [-0.3, -0.25) is 0 Å². The van der Waals surface area contributed by atoms with Crippen LogP contribution in [-0.4, -0.2) is 0 Å². The van der Waals surface area contributed by atoms with Crippen molar-refractivity contribution in [1.82, 2.24) is 5.32 Å². The number of hydrogen-bond donors (Lipinski definition) is 1. The fraction of sp³-hybridized carbons (Fsp3) is 0.0882. The lowest BCUT2D eigenvalue weighted by molar-refractivity contribution is 0.525. The quantitative estimate of drug-likeness (QED) is 0.122. The predicted molar refractivity (Wildman–Crippen MR) is 291 cm³/mol. The second kappa shape index (κ2) is 20.3. The van der Waals surface area contributed by atoms with E-state index in [1.807, 2.05) is 0 Å². The fourth-order valence-electron chi connectivity index (χ4n) is 10.2. The van der Waals surface area contributed by atoms with Crippen LogP contribution < -0.4 is 5.32 Å². The summed E-state index contributed by atoms with van der Waals surface area (Å²) in [5.74, 6) is 0.571. The van der Waals surface area contributed by atoms with Crippen molar-refractivity contribution in [3.63, 3.8) is 0 Å². The molecule has 2 unspecified atom stereocenters. The zero-order valence-electron chi connectivity index (χ0n) is 38.8. The van der Waals surface area contributed by atoms with Gasteiger partial charge in [-0.1, -0.05) is 261 Å². The Bertz CT molecular complexity index is 3140. The summed E-state index contributed by atoms with van der Waals surface area (Å²) < 4.78 is 0. The Morgan fingerprint density at radius 2 is 0.696 bits per heavy atom. The van der Waals surface area contributed by atoms with E-state index in [0.717, 1.165) is 19.3 Å². The molecule has 0 aromatic heterocycles. The molecule has 0 saturated carbocycles. The molecule has 1 heteroatoms. The number of benzene rings is 10. The van der Waals surface area contributed by atoms with Crippen LogP contribution in [0.3, 0.4) is 0 Å². The van der Waals surface area contributed by atoms with Crippen molar-refractivity contribution in [2.75, 3.05) is 0 Å². The molecule has 0 fully saturated rings. The van der Waals surface area contributed by atoms with E-state index >= 15 is 0 Å². The molecule has 10 aromatic carbocycles. The van der Waals surface area contributed by atoms with Crippen LogP contribution in [0.25, 0.3) is 61.3 Å². The summed E-state index contributed by atoms with van der Waals surface area (Å²) in [4.78, 5) is 0. The Labute approximate surface area is 408 Å². The number of allylic oxidation sites excluding steroid dienone is 1. The van der Waals surface area contributed by atoms with Crippen LogP contribution in [0.4, 0.5) is 0 Å². The molecular weight excluding hydrogens is 831 g/mol. The summed E-state index contributed by atoms with van der Waals surface area (Å²) in [7, 11) is 0. The van der Waals surface area contributed by atoms with Gasteiger partial charge in [0.25, 0.3) is 0 Å². The van der Waals surface area contributed by atoms with Gasteiger partial charge in [-0.15, -0.1) is 0 Å². The van der Waals surface area contributed by atoms with E-state index in [2.05, 4.69) is 278 Å². The third-order valence-corrected chi connectivity index (χ3v) is 14.1. The van der Waals surface area contributed by atoms with Crippen LogP contribution in [0, 0.1) is 0 Å². The second-order valence-corrected chi connectivity index (χ2v) is 18.4. The number of rotatable bonds is 13. The minimum absolute atomic E-state index is 0.234. The third kappa shape index (κ3) is 10.1. The first-order chi connectivity index (χ1) is 34.2. The lowest BCUT2D eigenvalue weighted by Crippen LogP contribution is -2.26. The number of hydrogen-bond acceptors (Lipinski definition) is 1. The molecule has 1 aliphatic heterocycles. The molecule has 1 nitrogen and oxygen atoms in total. The van der Waals surface area contributed by atoms with Crippen LogP contribution in [0.1, 0.15) is 64.1 Å². The van der Waals surface area contributed by atoms with Crippen molar-refractivity contribution < 1.29 is 0 Å². The van der Waals surface area contributed by atoms with E-state index in [1.54, 1.807) is 0 Å². The minimum atomic E-state index is 0.234. The minimum Gasteiger partial charge on any atom is -0.378 e. The highest BCUT2D eigenvalue weighted by molar-refractivity contribution is 5.75. The van der Waals surface area contributed by atoms with Crippen molar-refractivity contribution in [3.05, 3.63) is 306 Å². The largest absolute Gasteiger partial charge is 0.378 e. The van der Waals surface area contributed by atoms with Gasteiger partial charge in [0.2, 0.25) is 0 Å². The van der Waals surface area contributed by atoms with E-state index in [4.69, 9.17) is 0 Å². The summed E-state index contributed by atoms with van der Waals surface area (Å²) in [6, 6.07) is 98.0. The van der Waals surface area contributed by atoms with Gasteiger partial charge in [0, 0.05) is 17.5 Å². The van der Waals surface area contributed by atoms with Gasteiger partial charge in [-0.05, 0) is 120 Å². The molecule has 1 aliphatic rings. The maximum atomic E-state index is 3.90. The van der Waals surface area contributed by atoms with Crippen molar-refractivity contribution in [3.8, 4) is 55.6 Å². The summed E-state index contributed by atoms with van der Waals surface area (Å²) in [6.45, 7) is 0. The average molecular weight is 886 g/mol. The molecule has 2 atom stereocenters. The first kappa shape index (κ1) is 43.3. The molecule has 0 bridgehead atoms. The van der Waals surface area contributed by atoms with Gasteiger partial charge in [0.15, 0.2) is 0 Å². The molecule has 0 aliphatic carbocycles. The molecule has 0 saturated heterocycles. The fourth-order valence-corrected chi connectivity index (χ4v) is 10.2. The summed E-state index contributed by atoms with van der Waals surface area (Å²) >= 11 is 0. The molecule has 0 amide bonds. The Hall–Kier alpha value is -8.26. The van der Waals surface area contributed by atoms with Crippen molar-refractivity contribution in [2.24, 2.45) is 0 Å². The van der Waals surface area contributed by atoms with E-state index in [-0.39, 0.29) is 12.0 Å². The first-order valence-electron chi connectivity index (χ1n) is 24.5. The highest BCUT2D eigenvalue weighted by atomic mass is 14.9. The normalized spacial score (nSPS) is 14.5. The summed E-state index contributed by atoms with van der Waals surface area (Å²) in [5, 5.41) is 3.90. The van der Waals surface area contributed by atoms with Gasteiger partial charge in [0.1, 0.15) is 0 Å². The summed E-state index contributed by atoms with van der Waals surface area (Å²) in [6.07, 6.45) is 5.41. The Morgan fingerprint density at radius 1 is 0.333 bits per heavy atom. The monoisotopic (exact) mass is 885 g/mol. The molecular formula is C68H55N. The molecule has 11 rings (SSSR count). The highest BCUT2D eigenvalue weighted by Crippen LogP contribution is 2.39. The SMILES string of the molecule is C1=C(c2ccc(-c3ccc(CCC(c4ccc(-c5cccc(-c6ccccc6)c5)cc4)c4ccc(-c5cccc(-c6ccccc6)c5)cc4)cc3)cc2)NC(c2ccccc2)CC1c1ccccc1. The predicted octanol–water partition coefficient (Wildman–Crippen LogP) is 17.6. The highest BCUT2D eigenvalue weighted by Gasteiger charge is 2.25. The molecule has 10 aromatic rings. The lowest BCUT2D eigenvalue weighted by atomic mass is 9.84. The average Bonchev–Trinajstić information content (AvgIpc) is 3.44. The molecule has 332 valence electrons. The van der Waals surface area contributed by atoms with E-state index in [1.165, 1.54) is 94.7 Å². The smallest absolute Gasteiger partial charge is 0.0522 e. The van der Waals surface area contributed by atoms with Crippen LogP contribution in [0.2, 0.25) is 0 Å². The maximum Gasteiger partial charge on any atom is 0.0522 e. The van der Waals surface area contributed by atoms with E-state index < -0.39 is 0 Å². The van der Waals surface area contributed by atoms with Gasteiger partial charge in [-0.25, -0.2) is 0 Å². The third-order valence-electron chi connectivity index (χ3n) is 14.1. The Kier molecular flexibility index (Phi) is 12.8.